The van der Waals surface area contributed by atoms with Crippen LogP contribution in [0.3, 0.4) is 0 Å². The maximum atomic E-state index is 14.5. The highest BCUT2D eigenvalue weighted by molar-refractivity contribution is 5.92. The molecule has 2 aliphatic carbocycles. The average molecular weight is 328 g/mol. The summed E-state index contributed by atoms with van der Waals surface area (Å²) in [7, 11) is 1.22. The second-order valence-electron chi connectivity index (χ2n) is 6.95. The van der Waals surface area contributed by atoms with Gasteiger partial charge in [-0.25, -0.2) is 18.0 Å². The van der Waals surface area contributed by atoms with E-state index >= 15 is 0 Å². The van der Waals surface area contributed by atoms with Gasteiger partial charge in [-0.05, 0) is 18.3 Å². The molecule has 0 aromatic carbocycles. The summed E-state index contributed by atoms with van der Waals surface area (Å²) in [5.74, 6) is -3.35. The van der Waals surface area contributed by atoms with E-state index in [2.05, 4.69) is 11.7 Å². The molecule has 23 heavy (non-hydrogen) atoms. The number of carbonyl (C=O) groups excluding carboxylic acids is 1. The van der Waals surface area contributed by atoms with Gasteiger partial charge in [-0.2, -0.15) is 5.10 Å². The van der Waals surface area contributed by atoms with Crippen LogP contribution in [0.4, 0.5) is 13.2 Å². The van der Waals surface area contributed by atoms with Crippen LogP contribution in [0.25, 0.3) is 6.08 Å². The van der Waals surface area contributed by atoms with Gasteiger partial charge in [0.25, 0.3) is 0 Å². The number of halogens is 3. The van der Waals surface area contributed by atoms with E-state index in [1.165, 1.54) is 17.9 Å². The number of aromatic nitrogens is 2. The third-order valence-corrected chi connectivity index (χ3v) is 4.59. The smallest absolute Gasteiger partial charge is 0.356 e. The van der Waals surface area contributed by atoms with E-state index in [-0.39, 0.29) is 30.8 Å². The summed E-state index contributed by atoms with van der Waals surface area (Å²) in [6.07, 6.45) is 1.49. The number of esters is 1. The maximum absolute atomic E-state index is 14.5. The predicted molar refractivity (Wildman–Crippen MR) is 78.0 cm³/mol. The zero-order valence-corrected chi connectivity index (χ0v) is 13.2. The lowest BCUT2D eigenvalue weighted by Crippen LogP contribution is -2.47. The summed E-state index contributed by atoms with van der Waals surface area (Å²) in [6, 6.07) is 0. The summed E-state index contributed by atoms with van der Waals surface area (Å²) in [4.78, 5) is 12.1. The van der Waals surface area contributed by atoms with Crippen molar-refractivity contribution in [2.24, 2.45) is 5.41 Å². The summed E-state index contributed by atoms with van der Waals surface area (Å²) < 4.78 is 47.0. The van der Waals surface area contributed by atoms with E-state index < -0.39 is 23.0 Å². The fourth-order valence-corrected chi connectivity index (χ4v) is 3.44. The molecule has 2 aliphatic rings. The molecule has 7 heteroatoms. The second kappa shape index (κ2) is 4.85. The van der Waals surface area contributed by atoms with Crippen molar-refractivity contribution >= 4 is 12.0 Å². The van der Waals surface area contributed by atoms with Crippen LogP contribution in [0.1, 0.15) is 54.4 Å². The van der Waals surface area contributed by atoms with Gasteiger partial charge in [0, 0.05) is 24.9 Å². The molecule has 0 N–H and O–H groups in total. The molecule has 2 fully saturated rings. The van der Waals surface area contributed by atoms with Crippen molar-refractivity contribution < 1.29 is 22.7 Å². The van der Waals surface area contributed by atoms with Crippen molar-refractivity contribution in [3.8, 4) is 0 Å². The van der Waals surface area contributed by atoms with Gasteiger partial charge in [-0.15, -0.1) is 0 Å². The molecular formula is C16H19F3N2O2. The Labute approximate surface area is 132 Å². The Kier molecular flexibility index (Phi) is 3.39. The third kappa shape index (κ3) is 2.66. The Balaban J connectivity index is 2.00. The first-order valence-corrected chi connectivity index (χ1v) is 7.52. The molecule has 0 atom stereocenters. The Morgan fingerprint density at radius 2 is 2.00 bits per heavy atom. The Morgan fingerprint density at radius 1 is 1.39 bits per heavy atom. The minimum absolute atomic E-state index is 0.0814. The largest absolute Gasteiger partial charge is 0.464 e. The van der Waals surface area contributed by atoms with E-state index in [0.29, 0.717) is 18.4 Å². The molecule has 1 heterocycles. The van der Waals surface area contributed by atoms with Crippen LogP contribution in [-0.4, -0.2) is 28.8 Å². The number of hydrogen-bond donors (Lipinski definition) is 0. The van der Waals surface area contributed by atoms with Crippen molar-refractivity contribution in [2.45, 2.75) is 50.7 Å². The molecule has 0 spiro atoms. The number of hydrogen-bond acceptors (Lipinski definition) is 3. The average Bonchev–Trinajstić information content (AvgIpc) is 3.06. The van der Waals surface area contributed by atoms with Gasteiger partial charge in [0.15, 0.2) is 11.4 Å². The van der Waals surface area contributed by atoms with E-state index in [1.54, 1.807) is 6.92 Å². The number of methoxy groups -OCH3 is 1. The van der Waals surface area contributed by atoms with E-state index in [4.69, 9.17) is 4.74 Å². The minimum atomic E-state index is -2.69. The Bertz CT molecular complexity index is 669. The summed E-state index contributed by atoms with van der Waals surface area (Å²) in [5, 5.41) is 4.22. The molecule has 0 amide bonds. The predicted octanol–water partition coefficient (Wildman–Crippen LogP) is 3.71. The molecule has 0 aliphatic heterocycles. The van der Waals surface area contributed by atoms with Crippen LogP contribution in [0.5, 0.6) is 0 Å². The maximum Gasteiger partial charge on any atom is 0.356 e. The molecule has 3 rings (SSSR count). The quantitative estimate of drug-likeness (QED) is 0.774. The van der Waals surface area contributed by atoms with Crippen molar-refractivity contribution in [1.82, 2.24) is 9.78 Å². The number of alkyl halides is 3. The van der Waals surface area contributed by atoms with Crippen LogP contribution in [0.2, 0.25) is 0 Å². The Morgan fingerprint density at radius 3 is 2.43 bits per heavy atom. The van der Waals surface area contributed by atoms with E-state index in [9.17, 15) is 18.0 Å². The lowest BCUT2D eigenvalue weighted by Gasteiger charge is -2.44. The van der Waals surface area contributed by atoms with Crippen molar-refractivity contribution in [3.63, 3.8) is 0 Å². The van der Waals surface area contributed by atoms with Crippen LogP contribution < -0.4 is 0 Å². The molecule has 0 saturated heterocycles. The zero-order valence-electron chi connectivity index (χ0n) is 13.2. The lowest BCUT2D eigenvalue weighted by atomic mass is 9.67. The Hall–Kier alpha value is -1.79. The van der Waals surface area contributed by atoms with Crippen molar-refractivity contribution in [3.05, 3.63) is 23.5 Å². The number of ether oxygens (including phenoxy) is 1. The van der Waals surface area contributed by atoms with Gasteiger partial charge in [0.1, 0.15) is 5.69 Å². The first-order chi connectivity index (χ1) is 10.6. The molecule has 2 saturated carbocycles. The molecule has 4 nitrogen and oxygen atoms in total. The fraction of sp³-hybridized carbons (Fsp3) is 0.625. The van der Waals surface area contributed by atoms with Gasteiger partial charge < -0.3 is 4.74 Å². The van der Waals surface area contributed by atoms with Crippen LogP contribution in [0.15, 0.2) is 6.58 Å². The van der Waals surface area contributed by atoms with Gasteiger partial charge in [0.2, 0.25) is 5.92 Å². The molecule has 1 aromatic heterocycles. The standard InChI is InChI=1S/C16H19F3N2O2/c1-4-10-11(13(22)23-3)21(20-12(10)15(17)5-6-15)9-14(2)7-16(18,19)8-14/h4H,1,5-9H2,2-3H3. The van der Waals surface area contributed by atoms with E-state index in [0.717, 1.165) is 0 Å². The number of nitrogens with zero attached hydrogens (tertiary/aromatic N) is 2. The second-order valence-corrected chi connectivity index (χ2v) is 6.95. The lowest BCUT2D eigenvalue weighted by molar-refractivity contribution is -0.160. The van der Waals surface area contributed by atoms with Crippen molar-refractivity contribution in [1.29, 1.82) is 0 Å². The summed E-state index contributed by atoms with van der Waals surface area (Å²) in [6.45, 7) is 5.46. The summed E-state index contributed by atoms with van der Waals surface area (Å²) in [5.41, 5.74) is -1.70. The monoisotopic (exact) mass is 328 g/mol. The molecule has 1 aromatic rings. The van der Waals surface area contributed by atoms with E-state index in [1.807, 2.05) is 0 Å². The first kappa shape index (κ1) is 16.1. The highest BCUT2D eigenvalue weighted by Crippen LogP contribution is 2.54. The third-order valence-electron chi connectivity index (χ3n) is 4.59. The van der Waals surface area contributed by atoms with Gasteiger partial charge in [-0.3, -0.25) is 4.68 Å². The molecular weight excluding hydrogens is 309 g/mol. The van der Waals surface area contributed by atoms with Crippen LogP contribution >= 0.6 is 0 Å². The van der Waals surface area contributed by atoms with Gasteiger partial charge in [0.05, 0.1) is 7.11 Å². The van der Waals surface area contributed by atoms with Gasteiger partial charge in [-0.1, -0.05) is 19.6 Å². The van der Waals surface area contributed by atoms with Crippen LogP contribution in [0, 0.1) is 5.41 Å². The topological polar surface area (TPSA) is 44.1 Å². The summed E-state index contributed by atoms with van der Waals surface area (Å²) >= 11 is 0. The molecule has 126 valence electrons. The highest BCUT2D eigenvalue weighted by atomic mass is 19.3. The minimum Gasteiger partial charge on any atom is -0.464 e. The number of carbonyl (C=O) groups is 1. The molecule has 0 radical (unpaired) electrons. The van der Waals surface area contributed by atoms with Crippen LogP contribution in [-0.2, 0) is 17.0 Å². The molecule has 0 bridgehead atoms. The normalized spacial score (nSPS) is 23.0. The highest BCUT2D eigenvalue weighted by Gasteiger charge is 2.55. The zero-order chi connectivity index (χ0) is 17.0. The SMILES string of the molecule is C=Cc1c(C2(F)CC2)nn(CC2(C)CC(F)(F)C2)c1C(=O)OC. The van der Waals surface area contributed by atoms with Gasteiger partial charge >= 0.3 is 5.97 Å². The fourth-order valence-electron chi connectivity index (χ4n) is 3.44. The van der Waals surface area contributed by atoms with Crippen molar-refractivity contribution in [2.75, 3.05) is 7.11 Å². The first-order valence-electron chi connectivity index (χ1n) is 7.52. The number of rotatable bonds is 5. The molecule has 0 unspecified atom stereocenters.